The predicted molar refractivity (Wildman–Crippen MR) is 93.6 cm³/mol. The average molecular weight is 329 g/mol. The van der Waals surface area contributed by atoms with Crippen molar-refractivity contribution < 1.29 is 9.53 Å². The summed E-state index contributed by atoms with van der Waals surface area (Å²) >= 11 is 0. The van der Waals surface area contributed by atoms with E-state index < -0.39 is 6.04 Å². The zero-order chi connectivity index (χ0) is 15.8. The van der Waals surface area contributed by atoms with Crippen molar-refractivity contribution in [2.75, 3.05) is 6.54 Å². The Morgan fingerprint density at radius 3 is 2.59 bits per heavy atom. The molecule has 1 aromatic rings. The summed E-state index contributed by atoms with van der Waals surface area (Å²) in [6.07, 6.45) is 1.48. The van der Waals surface area contributed by atoms with E-state index in [2.05, 4.69) is 19.2 Å². The summed E-state index contributed by atoms with van der Waals surface area (Å²) in [4.78, 5) is 11.9. The predicted octanol–water partition coefficient (Wildman–Crippen LogP) is 3.06. The maximum absolute atomic E-state index is 11.9. The van der Waals surface area contributed by atoms with Gasteiger partial charge in [-0.15, -0.1) is 12.4 Å². The number of ether oxygens (including phenoxy) is 1. The molecule has 5 heteroatoms. The van der Waals surface area contributed by atoms with Crippen LogP contribution in [0.4, 0.5) is 0 Å². The maximum atomic E-state index is 11.9. The van der Waals surface area contributed by atoms with Gasteiger partial charge < -0.3 is 15.8 Å². The van der Waals surface area contributed by atoms with E-state index in [1.54, 1.807) is 0 Å². The van der Waals surface area contributed by atoms with Crippen LogP contribution in [0.5, 0.6) is 5.75 Å². The molecule has 1 unspecified atom stereocenters. The summed E-state index contributed by atoms with van der Waals surface area (Å²) < 4.78 is 5.90. The second kappa shape index (κ2) is 10.5. The quantitative estimate of drug-likeness (QED) is 0.770. The van der Waals surface area contributed by atoms with Crippen LogP contribution in [-0.2, 0) is 4.79 Å². The summed E-state index contributed by atoms with van der Waals surface area (Å²) in [7, 11) is 0. The number of rotatable bonds is 8. The van der Waals surface area contributed by atoms with Gasteiger partial charge in [-0.05, 0) is 43.4 Å². The van der Waals surface area contributed by atoms with Crippen LogP contribution in [0.25, 0.3) is 0 Å². The second-order valence-corrected chi connectivity index (χ2v) is 5.95. The Bertz CT molecular complexity index is 452. The molecule has 0 spiro atoms. The molecule has 126 valence electrons. The lowest BCUT2D eigenvalue weighted by Crippen LogP contribution is -2.44. The highest BCUT2D eigenvalue weighted by Crippen LogP contribution is 2.15. The molecule has 0 bridgehead atoms. The van der Waals surface area contributed by atoms with E-state index in [1.807, 2.05) is 38.1 Å². The van der Waals surface area contributed by atoms with Gasteiger partial charge in [0.15, 0.2) is 0 Å². The number of halogens is 1. The Balaban J connectivity index is 0.00000441. The second-order valence-electron chi connectivity index (χ2n) is 5.95. The third-order valence-electron chi connectivity index (χ3n) is 3.31. The zero-order valence-electron chi connectivity index (χ0n) is 14.0. The van der Waals surface area contributed by atoms with Crippen LogP contribution in [-0.4, -0.2) is 24.6 Å². The fourth-order valence-corrected chi connectivity index (χ4v) is 2.11. The van der Waals surface area contributed by atoms with Crippen LogP contribution in [0.1, 0.15) is 39.2 Å². The fraction of sp³-hybridized carbons (Fsp3) is 0.588. The summed E-state index contributed by atoms with van der Waals surface area (Å²) in [6, 6.07) is 7.48. The highest BCUT2D eigenvalue weighted by molar-refractivity contribution is 5.85. The lowest BCUT2D eigenvalue weighted by molar-refractivity contribution is -0.123. The van der Waals surface area contributed by atoms with Gasteiger partial charge in [0.1, 0.15) is 11.9 Å². The van der Waals surface area contributed by atoms with Crippen molar-refractivity contribution in [2.45, 2.75) is 52.7 Å². The monoisotopic (exact) mass is 328 g/mol. The topological polar surface area (TPSA) is 64.4 Å². The van der Waals surface area contributed by atoms with Gasteiger partial charge in [0.25, 0.3) is 0 Å². The van der Waals surface area contributed by atoms with Gasteiger partial charge >= 0.3 is 0 Å². The molecule has 1 rings (SSSR count). The molecule has 2 atom stereocenters. The molecule has 4 nitrogen and oxygen atoms in total. The van der Waals surface area contributed by atoms with Crippen molar-refractivity contribution in [1.82, 2.24) is 5.32 Å². The summed E-state index contributed by atoms with van der Waals surface area (Å²) in [6.45, 7) is 8.67. The first kappa shape index (κ1) is 20.7. The smallest absolute Gasteiger partial charge is 0.237 e. The van der Waals surface area contributed by atoms with E-state index in [4.69, 9.17) is 10.5 Å². The molecule has 1 aromatic carbocycles. The Kier molecular flexibility index (Phi) is 9.86. The average Bonchev–Trinajstić information content (AvgIpc) is 2.42. The van der Waals surface area contributed by atoms with Crippen LogP contribution in [0, 0.1) is 12.8 Å². The normalized spacial score (nSPS) is 13.2. The van der Waals surface area contributed by atoms with Gasteiger partial charge in [-0.25, -0.2) is 0 Å². The van der Waals surface area contributed by atoms with Crippen molar-refractivity contribution in [3.63, 3.8) is 0 Å². The van der Waals surface area contributed by atoms with E-state index in [0.29, 0.717) is 18.9 Å². The fourth-order valence-electron chi connectivity index (χ4n) is 2.11. The van der Waals surface area contributed by atoms with Crippen molar-refractivity contribution in [3.8, 4) is 5.75 Å². The van der Waals surface area contributed by atoms with Crippen molar-refractivity contribution >= 4 is 18.3 Å². The van der Waals surface area contributed by atoms with Gasteiger partial charge in [0.2, 0.25) is 5.91 Å². The number of carbonyl (C=O) groups is 1. The number of aryl methyl sites for hydroxylation is 1. The number of nitrogens with two attached hydrogens (primary N) is 1. The third kappa shape index (κ3) is 7.66. The standard InChI is InChI=1S/C17H28N2O2.ClH/c1-5-14(21-15-8-6-7-13(4)10-15)11-19-17(20)16(18)9-12(2)3;/h6-8,10,12,14,16H,5,9,11,18H2,1-4H3,(H,19,20);1H/t14?,16-;/m0./s1. The van der Waals surface area contributed by atoms with Gasteiger partial charge in [-0.1, -0.05) is 32.9 Å². The third-order valence-corrected chi connectivity index (χ3v) is 3.31. The summed E-state index contributed by atoms with van der Waals surface area (Å²) in [5.74, 6) is 1.15. The molecular formula is C17H29ClN2O2. The van der Waals surface area contributed by atoms with Gasteiger partial charge in [-0.2, -0.15) is 0 Å². The van der Waals surface area contributed by atoms with Crippen LogP contribution in [0.2, 0.25) is 0 Å². The lowest BCUT2D eigenvalue weighted by atomic mass is 10.0. The van der Waals surface area contributed by atoms with E-state index >= 15 is 0 Å². The largest absolute Gasteiger partial charge is 0.489 e. The molecule has 22 heavy (non-hydrogen) atoms. The van der Waals surface area contributed by atoms with Crippen molar-refractivity contribution in [1.29, 1.82) is 0 Å². The van der Waals surface area contributed by atoms with Gasteiger partial charge in [0.05, 0.1) is 12.6 Å². The molecule has 0 heterocycles. The Labute approximate surface area is 140 Å². The van der Waals surface area contributed by atoms with E-state index in [0.717, 1.165) is 17.7 Å². The minimum atomic E-state index is -0.443. The van der Waals surface area contributed by atoms with Crippen molar-refractivity contribution in [2.24, 2.45) is 11.7 Å². The molecule has 0 aliphatic carbocycles. The van der Waals surface area contributed by atoms with E-state index in [-0.39, 0.29) is 24.4 Å². The van der Waals surface area contributed by atoms with Crippen LogP contribution in [0.15, 0.2) is 24.3 Å². The number of carbonyl (C=O) groups excluding carboxylic acids is 1. The Morgan fingerprint density at radius 2 is 2.05 bits per heavy atom. The van der Waals surface area contributed by atoms with Crippen LogP contribution >= 0.6 is 12.4 Å². The van der Waals surface area contributed by atoms with Crippen LogP contribution < -0.4 is 15.8 Å². The molecule has 0 saturated heterocycles. The maximum Gasteiger partial charge on any atom is 0.237 e. The SMILES string of the molecule is CCC(CNC(=O)[C@@H](N)CC(C)C)Oc1cccc(C)c1.Cl. The molecule has 0 aliphatic rings. The van der Waals surface area contributed by atoms with Gasteiger partial charge in [0, 0.05) is 0 Å². The highest BCUT2D eigenvalue weighted by Gasteiger charge is 2.16. The first-order valence-corrected chi connectivity index (χ1v) is 7.69. The minimum absolute atomic E-state index is 0. The highest BCUT2D eigenvalue weighted by atomic mass is 35.5. The molecule has 3 N–H and O–H groups in total. The lowest BCUT2D eigenvalue weighted by Gasteiger charge is -2.20. The molecule has 0 aliphatic heterocycles. The molecule has 0 radical (unpaired) electrons. The number of hydrogen-bond acceptors (Lipinski definition) is 3. The summed E-state index contributed by atoms with van der Waals surface area (Å²) in [5, 5.41) is 2.88. The van der Waals surface area contributed by atoms with Crippen LogP contribution in [0.3, 0.4) is 0 Å². The molecule has 1 amide bonds. The number of nitrogens with one attached hydrogen (secondary N) is 1. The Hall–Kier alpha value is -1.26. The van der Waals surface area contributed by atoms with E-state index in [9.17, 15) is 4.79 Å². The van der Waals surface area contributed by atoms with E-state index in [1.165, 1.54) is 0 Å². The first-order chi connectivity index (χ1) is 9.92. The minimum Gasteiger partial charge on any atom is -0.489 e. The first-order valence-electron chi connectivity index (χ1n) is 7.69. The van der Waals surface area contributed by atoms with Crippen molar-refractivity contribution in [3.05, 3.63) is 29.8 Å². The summed E-state index contributed by atoms with van der Waals surface area (Å²) in [5.41, 5.74) is 7.02. The zero-order valence-corrected chi connectivity index (χ0v) is 14.8. The molecule has 0 aromatic heterocycles. The molecule has 0 fully saturated rings. The number of benzene rings is 1. The number of amides is 1. The molecule has 0 saturated carbocycles. The van der Waals surface area contributed by atoms with Gasteiger partial charge in [-0.3, -0.25) is 4.79 Å². The molecular weight excluding hydrogens is 300 g/mol. The Morgan fingerprint density at radius 1 is 1.36 bits per heavy atom. The number of hydrogen-bond donors (Lipinski definition) is 2.